The molecular formula is C23H33ClN4O3. The van der Waals surface area contributed by atoms with Crippen LogP contribution in [-0.2, 0) is 11.3 Å². The van der Waals surface area contributed by atoms with Gasteiger partial charge in [-0.3, -0.25) is 9.48 Å². The van der Waals surface area contributed by atoms with Crippen molar-refractivity contribution < 1.29 is 14.3 Å². The molecule has 1 saturated heterocycles. The minimum absolute atomic E-state index is 0.0350. The van der Waals surface area contributed by atoms with Crippen LogP contribution in [0.15, 0.2) is 18.2 Å². The van der Waals surface area contributed by atoms with Crippen LogP contribution < -0.4 is 15.4 Å². The van der Waals surface area contributed by atoms with Gasteiger partial charge in [0, 0.05) is 43.1 Å². The zero-order chi connectivity index (χ0) is 22.5. The van der Waals surface area contributed by atoms with Crippen molar-refractivity contribution in [3.63, 3.8) is 0 Å². The number of methoxy groups -OCH3 is 1. The molecule has 0 aliphatic carbocycles. The van der Waals surface area contributed by atoms with Gasteiger partial charge in [0.15, 0.2) is 5.69 Å². The van der Waals surface area contributed by atoms with Gasteiger partial charge in [0.2, 0.25) is 0 Å². The van der Waals surface area contributed by atoms with Crippen molar-refractivity contribution in [2.45, 2.75) is 59.2 Å². The minimum atomic E-state index is -0.294. The van der Waals surface area contributed by atoms with Gasteiger partial charge < -0.3 is 20.1 Å². The molecule has 0 radical (unpaired) electrons. The third kappa shape index (κ3) is 5.52. The average molecular weight is 449 g/mol. The van der Waals surface area contributed by atoms with E-state index < -0.39 is 0 Å². The van der Waals surface area contributed by atoms with Gasteiger partial charge in [0.05, 0.1) is 23.9 Å². The maximum atomic E-state index is 12.8. The van der Waals surface area contributed by atoms with Crippen molar-refractivity contribution in [3.05, 3.63) is 28.9 Å². The van der Waals surface area contributed by atoms with Crippen LogP contribution in [0.25, 0.3) is 11.3 Å². The Morgan fingerprint density at radius 3 is 2.77 bits per heavy atom. The summed E-state index contributed by atoms with van der Waals surface area (Å²) in [6.07, 6.45) is 2.09. The van der Waals surface area contributed by atoms with Gasteiger partial charge in [-0.25, -0.2) is 0 Å². The summed E-state index contributed by atoms with van der Waals surface area (Å²) in [5.41, 5.74) is 2.63. The van der Waals surface area contributed by atoms with Crippen LogP contribution in [0.4, 0.5) is 5.69 Å². The summed E-state index contributed by atoms with van der Waals surface area (Å²) >= 11 is 6.68. The Labute approximate surface area is 189 Å². The highest BCUT2D eigenvalue weighted by molar-refractivity contribution is 6.36. The molecule has 3 rings (SSSR count). The fourth-order valence-corrected chi connectivity index (χ4v) is 4.09. The number of amides is 1. The number of aromatic nitrogens is 2. The van der Waals surface area contributed by atoms with Gasteiger partial charge in [0.25, 0.3) is 5.91 Å². The Hall–Kier alpha value is -2.25. The molecule has 2 atom stereocenters. The predicted octanol–water partition coefficient (Wildman–Crippen LogP) is 4.60. The van der Waals surface area contributed by atoms with Crippen LogP contribution in [0.3, 0.4) is 0 Å². The van der Waals surface area contributed by atoms with Crippen LogP contribution in [-0.4, -0.2) is 48.1 Å². The number of rotatable bonds is 8. The number of anilines is 1. The first-order valence-electron chi connectivity index (χ1n) is 10.9. The van der Waals surface area contributed by atoms with E-state index in [-0.39, 0.29) is 17.7 Å². The van der Waals surface area contributed by atoms with Crippen molar-refractivity contribution in [1.29, 1.82) is 0 Å². The summed E-state index contributed by atoms with van der Waals surface area (Å²) in [6.45, 7) is 10.0. The monoisotopic (exact) mass is 448 g/mol. The SMILES string of the molecule is CCn1nc(C(=O)NC[C@H]2CC[C@@H](C)CO2)c(Cl)c1-c1ccc(NC(C)C)cc1OC. The normalized spacial score (nSPS) is 18.8. The molecule has 0 saturated carbocycles. The molecule has 0 unspecified atom stereocenters. The predicted molar refractivity (Wildman–Crippen MR) is 124 cm³/mol. The number of aryl methyl sites for hydroxylation is 1. The van der Waals surface area contributed by atoms with Crippen molar-refractivity contribution >= 4 is 23.2 Å². The van der Waals surface area contributed by atoms with E-state index in [1.165, 1.54) is 0 Å². The van der Waals surface area contributed by atoms with Crippen LogP contribution >= 0.6 is 11.6 Å². The van der Waals surface area contributed by atoms with Gasteiger partial charge in [-0.15, -0.1) is 0 Å². The van der Waals surface area contributed by atoms with E-state index in [1.54, 1.807) is 11.8 Å². The second-order valence-corrected chi connectivity index (χ2v) is 8.77. The largest absolute Gasteiger partial charge is 0.496 e. The summed E-state index contributed by atoms with van der Waals surface area (Å²) in [6, 6.07) is 6.14. The number of hydrogen-bond acceptors (Lipinski definition) is 5. The Balaban J connectivity index is 1.83. The zero-order valence-corrected chi connectivity index (χ0v) is 19.8. The number of ether oxygens (including phenoxy) is 2. The first-order valence-corrected chi connectivity index (χ1v) is 11.3. The summed E-state index contributed by atoms with van der Waals surface area (Å²) in [4.78, 5) is 12.8. The van der Waals surface area contributed by atoms with Gasteiger partial charge in [-0.1, -0.05) is 18.5 Å². The maximum Gasteiger partial charge on any atom is 0.273 e. The second-order valence-electron chi connectivity index (χ2n) is 8.39. The quantitative estimate of drug-likeness (QED) is 0.617. The molecule has 170 valence electrons. The molecule has 31 heavy (non-hydrogen) atoms. The van der Waals surface area contributed by atoms with Crippen molar-refractivity contribution in [1.82, 2.24) is 15.1 Å². The Bertz CT molecular complexity index is 904. The number of benzene rings is 1. The molecule has 1 fully saturated rings. The smallest absolute Gasteiger partial charge is 0.273 e. The molecule has 1 aromatic heterocycles. The van der Waals surface area contributed by atoms with E-state index in [9.17, 15) is 4.79 Å². The van der Waals surface area contributed by atoms with Crippen LogP contribution in [0, 0.1) is 5.92 Å². The van der Waals surface area contributed by atoms with Crippen molar-refractivity contribution in [2.24, 2.45) is 5.92 Å². The first kappa shape index (κ1) is 23.4. The topological polar surface area (TPSA) is 77.4 Å². The molecule has 2 heterocycles. The number of carbonyl (C=O) groups excluding carboxylic acids is 1. The average Bonchev–Trinajstić information content (AvgIpc) is 3.08. The molecule has 1 aliphatic heterocycles. The minimum Gasteiger partial charge on any atom is -0.496 e. The van der Waals surface area contributed by atoms with Crippen LogP contribution in [0.5, 0.6) is 5.75 Å². The molecular weight excluding hydrogens is 416 g/mol. The lowest BCUT2D eigenvalue weighted by Crippen LogP contribution is -2.37. The van der Waals surface area contributed by atoms with E-state index in [2.05, 4.69) is 36.5 Å². The number of nitrogens with one attached hydrogen (secondary N) is 2. The van der Waals surface area contributed by atoms with Crippen LogP contribution in [0.2, 0.25) is 5.02 Å². The number of halogens is 1. The van der Waals surface area contributed by atoms with Gasteiger partial charge in [-0.05, 0) is 51.7 Å². The number of carbonyl (C=O) groups is 1. The summed E-state index contributed by atoms with van der Waals surface area (Å²) < 4.78 is 13.2. The third-order valence-corrected chi connectivity index (χ3v) is 5.77. The highest BCUT2D eigenvalue weighted by atomic mass is 35.5. The van der Waals surface area contributed by atoms with Crippen LogP contribution in [0.1, 0.15) is 51.0 Å². The molecule has 1 aromatic carbocycles. The summed E-state index contributed by atoms with van der Waals surface area (Å²) in [5.74, 6) is 0.942. The van der Waals surface area contributed by atoms with E-state index in [0.717, 1.165) is 30.7 Å². The van der Waals surface area contributed by atoms with Gasteiger partial charge in [-0.2, -0.15) is 5.10 Å². The maximum absolute atomic E-state index is 12.8. The molecule has 2 aromatic rings. The third-order valence-electron chi connectivity index (χ3n) is 5.41. The Kier molecular flexibility index (Phi) is 7.84. The molecule has 0 spiro atoms. The molecule has 2 N–H and O–H groups in total. The van der Waals surface area contributed by atoms with Gasteiger partial charge >= 0.3 is 0 Å². The number of nitrogens with zero attached hydrogens (tertiary/aromatic N) is 2. The summed E-state index contributed by atoms with van der Waals surface area (Å²) in [7, 11) is 1.62. The molecule has 7 nitrogen and oxygen atoms in total. The molecule has 8 heteroatoms. The van der Waals surface area contributed by atoms with Crippen molar-refractivity contribution in [3.8, 4) is 17.0 Å². The first-order chi connectivity index (χ1) is 14.8. The lowest BCUT2D eigenvalue weighted by molar-refractivity contribution is -0.00918. The highest BCUT2D eigenvalue weighted by Gasteiger charge is 2.26. The molecule has 1 aliphatic rings. The highest BCUT2D eigenvalue weighted by Crippen LogP contribution is 2.38. The van der Waals surface area contributed by atoms with E-state index in [1.807, 2.05) is 25.1 Å². The molecule has 0 bridgehead atoms. The van der Waals surface area contributed by atoms with E-state index in [0.29, 0.717) is 41.5 Å². The fourth-order valence-electron chi connectivity index (χ4n) is 3.77. The lowest BCUT2D eigenvalue weighted by Gasteiger charge is -2.26. The number of hydrogen-bond donors (Lipinski definition) is 2. The van der Waals surface area contributed by atoms with Gasteiger partial charge in [0.1, 0.15) is 5.75 Å². The second kappa shape index (κ2) is 10.4. The zero-order valence-electron chi connectivity index (χ0n) is 19.0. The Morgan fingerprint density at radius 1 is 1.39 bits per heavy atom. The van der Waals surface area contributed by atoms with Crippen molar-refractivity contribution in [2.75, 3.05) is 25.6 Å². The lowest BCUT2D eigenvalue weighted by atomic mass is 10.0. The standard InChI is InChI=1S/C23H33ClN4O3/c1-6-28-22(18-10-8-16(26-14(2)3)11-19(18)30-5)20(24)21(27-28)23(29)25-12-17-9-7-15(4)13-31-17/h8,10-11,14-15,17,26H,6-7,9,12-13H2,1-5H3,(H,25,29)/t15-,17-/m1/s1. The Morgan fingerprint density at radius 2 is 2.16 bits per heavy atom. The fraction of sp³-hybridized carbons (Fsp3) is 0.565. The summed E-state index contributed by atoms with van der Waals surface area (Å²) in [5, 5.41) is 11.1. The van der Waals surface area contributed by atoms with E-state index >= 15 is 0 Å². The molecule has 1 amide bonds. The van der Waals surface area contributed by atoms with E-state index in [4.69, 9.17) is 21.1 Å².